The minimum Gasteiger partial charge on any atom is -0.508 e. The minimum absolute atomic E-state index is 0.00722. The summed E-state index contributed by atoms with van der Waals surface area (Å²) in [7, 11) is 0. The van der Waals surface area contributed by atoms with Crippen molar-refractivity contribution < 1.29 is 54.8 Å². The van der Waals surface area contributed by atoms with Gasteiger partial charge in [-0.15, -0.1) is 0 Å². The van der Waals surface area contributed by atoms with E-state index < -0.39 is 76.9 Å². The molecule has 1 unspecified atom stereocenters. The lowest BCUT2D eigenvalue weighted by Crippen LogP contribution is -2.57. The van der Waals surface area contributed by atoms with Crippen molar-refractivity contribution in [3.63, 3.8) is 0 Å². The quantitative estimate of drug-likeness (QED) is 0.253. The van der Waals surface area contributed by atoms with E-state index in [1.165, 1.54) is 6.07 Å². The molecule has 0 aliphatic heterocycles. The highest BCUT2D eigenvalue weighted by Gasteiger charge is 2.47. The molecule has 34 heavy (non-hydrogen) atoms. The molecule has 4 rings (SSSR count). The molecule has 1 aromatic heterocycles. The summed E-state index contributed by atoms with van der Waals surface area (Å²) in [5.41, 5.74) is -1.23. The molecule has 0 saturated heterocycles. The monoisotopic (exact) mass is 476 g/mol. The van der Waals surface area contributed by atoms with Crippen molar-refractivity contribution in [1.82, 2.24) is 0 Å². The molecule has 0 amide bonds. The normalized spacial score (nSPS) is 24.7. The van der Waals surface area contributed by atoms with E-state index in [-0.39, 0.29) is 22.3 Å². The molecule has 0 bridgehead atoms. The molecule has 180 valence electrons. The van der Waals surface area contributed by atoms with Crippen molar-refractivity contribution >= 4 is 16.9 Å². The number of aliphatic carboxylic acids is 1. The lowest BCUT2D eigenvalue weighted by Gasteiger charge is -2.38. The number of aliphatic hydroxyl groups is 3. The summed E-state index contributed by atoms with van der Waals surface area (Å²) in [5.74, 6) is -5.92. The molecule has 0 spiro atoms. The topological polar surface area (TPSA) is 218 Å². The lowest BCUT2D eigenvalue weighted by molar-refractivity contribution is -0.174. The van der Waals surface area contributed by atoms with E-state index >= 15 is 0 Å². The van der Waals surface area contributed by atoms with Gasteiger partial charge in [-0.25, -0.2) is 0 Å². The van der Waals surface area contributed by atoms with Crippen LogP contribution in [0.25, 0.3) is 22.3 Å². The second-order valence-corrected chi connectivity index (χ2v) is 7.94. The van der Waals surface area contributed by atoms with Crippen LogP contribution in [-0.2, 0) is 4.79 Å². The first-order valence-corrected chi connectivity index (χ1v) is 9.98. The number of hydrogen-bond donors (Lipinski definition) is 8. The first-order chi connectivity index (χ1) is 16.0. The molecule has 1 aliphatic carbocycles. The fraction of sp³-hybridized carbons (Fsp3) is 0.273. The van der Waals surface area contributed by atoms with Crippen LogP contribution in [0.15, 0.2) is 39.5 Å². The van der Waals surface area contributed by atoms with Gasteiger partial charge in [-0.2, -0.15) is 0 Å². The highest BCUT2D eigenvalue weighted by molar-refractivity contribution is 5.88. The third kappa shape index (κ3) is 3.83. The van der Waals surface area contributed by atoms with Crippen LogP contribution in [0, 0.1) is 5.92 Å². The molecular formula is C22H20O12. The number of benzene rings is 2. The molecular weight excluding hydrogens is 456 g/mol. The van der Waals surface area contributed by atoms with Gasteiger partial charge in [0.05, 0.1) is 12.0 Å². The molecule has 1 saturated carbocycles. The number of phenolic OH excluding ortho intramolecular Hbond substituents is 3. The summed E-state index contributed by atoms with van der Waals surface area (Å²) in [5, 5.41) is 79.2. The Morgan fingerprint density at radius 3 is 2.32 bits per heavy atom. The Labute approximate surface area is 189 Å². The zero-order valence-corrected chi connectivity index (χ0v) is 17.2. The van der Waals surface area contributed by atoms with Crippen LogP contribution in [0.2, 0.25) is 0 Å². The number of fused-ring (bicyclic) bond motifs is 1. The summed E-state index contributed by atoms with van der Waals surface area (Å²) < 4.78 is 11.0. The second-order valence-electron chi connectivity index (χ2n) is 7.94. The predicted molar refractivity (Wildman–Crippen MR) is 113 cm³/mol. The standard InChI is InChI=1S/C22H20O12/c23-8-4-11(25)15-13(5-8)34-21(20(30)18(15)28)7-1-2-10(24)12(3-7)33-14-6-9(22(31)32)16(26)19(29)17(14)27/h1-5,9,14,16-17,19,23-27,29-30H,6H2,(H,31,32)/t9-,14?,16+,17-,19-/m0/s1. The molecule has 1 fully saturated rings. The van der Waals surface area contributed by atoms with Crippen LogP contribution in [0.3, 0.4) is 0 Å². The van der Waals surface area contributed by atoms with E-state index in [2.05, 4.69) is 0 Å². The second kappa shape index (κ2) is 8.41. The maximum atomic E-state index is 12.6. The molecule has 1 aliphatic rings. The van der Waals surface area contributed by atoms with Crippen molar-refractivity contribution in [3.8, 4) is 40.1 Å². The number of aliphatic hydroxyl groups excluding tert-OH is 3. The SMILES string of the molecule is O=C(O)[C@H]1CC(Oc2cc(-c3oc4cc(O)cc(O)c4c(=O)c3O)ccc2O)[C@H](O)[C@@H](O)[C@@H]1O. The van der Waals surface area contributed by atoms with Gasteiger partial charge < -0.3 is 50.0 Å². The fourth-order valence-electron chi connectivity index (χ4n) is 3.94. The zero-order valence-electron chi connectivity index (χ0n) is 17.2. The highest BCUT2D eigenvalue weighted by Crippen LogP contribution is 2.39. The number of aromatic hydroxyl groups is 4. The number of ether oxygens (including phenoxy) is 1. The highest BCUT2D eigenvalue weighted by atomic mass is 16.5. The van der Waals surface area contributed by atoms with E-state index in [9.17, 15) is 50.4 Å². The molecule has 2 aromatic carbocycles. The van der Waals surface area contributed by atoms with Gasteiger partial charge in [0.2, 0.25) is 11.2 Å². The lowest BCUT2D eigenvalue weighted by atomic mass is 9.80. The number of rotatable bonds is 4. The van der Waals surface area contributed by atoms with Crippen molar-refractivity contribution in [1.29, 1.82) is 0 Å². The van der Waals surface area contributed by atoms with Gasteiger partial charge in [0.15, 0.2) is 17.3 Å². The van der Waals surface area contributed by atoms with Gasteiger partial charge >= 0.3 is 5.97 Å². The van der Waals surface area contributed by atoms with Crippen LogP contribution in [0.4, 0.5) is 0 Å². The van der Waals surface area contributed by atoms with Crippen LogP contribution < -0.4 is 10.2 Å². The molecule has 1 heterocycles. The molecule has 3 aromatic rings. The summed E-state index contributed by atoms with van der Waals surface area (Å²) in [4.78, 5) is 23.9. The smallest absolute Gasteiger partial charge is 0.309 e. The average Bonchev–Trinajstić information content (AvgIpc) is 2.77. The summed E-state index contributed by atoms with van der Waals surface area (Å²) in [6.45, 7) is 0. The van der Waals surface area contributed by atoms with Crippen molar-refractivity contribution in [2.24, 2.45) is 5.92 Å². The number of carboxylic acids is 1. The summed E-state index contributed by atoms with van der Waals surface area (Å²) >= 11 is 0. The largest absolute Gasteiger partial charge is 0.508 e. The van der Waals surface area contributed by atoms with E-state index in [4.69, 9.17) is 9.15 Å². The Morgan fingerprint density at radius 1 is 0.941 bits per heavy atom. The van der Waals surface area contributed by atoms with Gasteiger partial charge in [-0.1, -0.05) is 0 Å². The van der Waals surface area contributed by atoms with Crippen LogP contribution in [0.5, 0.6) is 28.7 Å². The number of carboxylic acid groups (broad SMARTS) is 1. The van der Waals surface area contributed by atoms with Crippen molar-refractivity contribution in [2.45, 2.75) is 30.8 Å². The van der Waals surface area contributed by atoms with Crippen molar-refractivity contribution in [2.75, 3.05) is 0 Å². The number of hydrogen-bond acceptors (Lipinski definition) is 11. The van der Waals surface area contributed by atoms with Crippen LogP contribution in [-0.4, -0.2) is 71.2 Å². The summed E-state index contributed by atoms with van der Waals surface area (Å²) in [6.07, 6.45) is -6.98. The molecule has 12 heteroatoms. The Morgan fingerprint density at radius 2 is 1.65 bits per heavy atom. The van der Waals surface area contributed by atoms with Crippen LogP contribution >= 0.6 is 0 Å². The molecule has 5 atom stereocenters. The van der Waals surface area contributed by atoms with Crippen LogP contribution in [0.1, 0.15) is 6.42 Å². The Kier molecular flexibility index (Phi) is 5.73. The molecule has 12 nitrogen and oxygen atoms in total. The number of phenols is 3. The maximum Gasteiger partial charge on any atom is 0.309 e. The third-order valence-corrected chi connectivity index (χ3v) is 5.73. The zero-order chi connectivity index (χ0) is 24.9. The van der Waals surface area contributed by atoms with E-state index in [0.29, 0.717) is 0 Å². The Balaban J connectivity index is 1.75. The average molecular weight is 476 g/mol. The predicted octanol–water partition coefficient (Wildman–Crippen LogP) is 0.217. The van der Waals surface area contributed by atoms with Gasteiger partial charge in [-0.3, -0.25) is 9.59 Å². The maximum absolute atomic E-state index is 12.6. The minimum atomic E-state index is -1.83. The van der Waals surface area contributed by atoms with Gasteiger partial charge in [0.1, 0.15) is 40.8 Å². The first-order valence-electron chi connectivity index (χ1n) is 9.98. The van der Waals surface area contributed by atoms with Gasteiger partial charge in [0, 0.05) is 24.1 Å². The third-order valence-electron chi connectivity index (χ3n) is 5.73. The van der Waals surface area contributed by atoms with Gasteiger partial charge in [0.25, 0.3) is 0 Å². The number of carbonyl (C=O) groups is 1. The Hall–Kier alpha value is -4.00. The first kappa shape index (κ1) is 23.2. The molecule has 0 radical (unpaired) electrons. The fourth-order valence-corrected chi connectivity index (χ4v) is 3.94. The van der Waals surface area contributed by atoms with E-state index in [0.717, 1.165) is 24.3 Å². The molecule has 8 N–H and O–H groups in total. The Bertz CT molecular complexity index is 1330. The van der Waals surface area contributed by atoms with Crippen molar-refractivity contribution in [3.05, 3.63) is 40.6 Å². The van der Waals surface area contributed by atoms with Gasteiger partial charge in [-0.05, 0) is 18.2 Å². The van der Waals surface area contributed by atoms with E-state index in [1.807, 2.05) is 0 Å². The van der Waals surface area contributed by atoms with E-state index in [1.54, 1.807) is 0 Å². The summed E-state index contributed by atoms with van der Waals surface area (Å²) in [6, 6.07) is 5.44.